The molecule has 1 aromatic heterocycles. The molecule has 1 aromatic carbocycles. The lowest BCUT2D eigenvalue weighted by Gasteiger charge is -2.34. The summed E-state index contributed by atoms with van der Waals surface area (Å²) in [5.74, 6) is 0.685. The predicted molar refractivity (Wildman–Crippen MR) is 113 cm³/mol. The fraction of sp³-hybridized carbons (Fsp3) is 0.500. The van der Waals surface area contributed by atoms with Crippen molar-refractivity contribution in [3.8, 4) is 11.3 Å². The summed E-state index contributed by atoms with van der Waals surface area (Å²) in [5, 5.41) is 0. The van der Waals surface area contributed by atoms with Gasteiger partial charge in [0.2, 0.25) is 0 Å². The van der Waals surface area contributed by atoms with Gasteiger partial charge in [-0.15, -0.1) is 0 Å². The Morgan fingerprint density at radius 3 is 1.86 bits per heavy atom. The zero-order valence-corrected chi connectivity index (χ0v) is 17.4. The van der Waals surface area contributed by atoms with E-state index >= 15 is 0 Å². The molecule has 154 valence electrons. The Bertz CT molecular complexity index is 822. The van der Waals surface area contributed by atoms with Crippen LogP contribution < -0.4 is 0 Å². The molecule has 2 aliphatic rings. The van der Waals surface area contributed by atoms with Gasteiger partial charge in [0.1, 0.15) is 5.76 Å². The standard InChI is InChI=1S/C24H30N2O3/c1-17-8-3-5-11-25(17)23(27)20-14-19(22-10-7-13-29-22)15-21(16-20)24(28)26-12-6-4-9-18(26)2/h7,10,13-18H,3-6,8-9,11-12H2,1-2H3. The van der Waals surface area contributed by atoms with E-state index in [4.69, 9.17) is 4.42 Å². The Balaban J connectivity index is 1.71. The summed E-state index contributed by atoms with van der Waals surface area (Å²) < 4.78 is 5.57. The van der Waals surface area contributed by atoms with E-state index in [1.807, 2.05) is 34.1 Å². The summed E-state index contributed by atoms with van der Waals surface area (Å²) in [7, 11) is 0. The van der Waals surface area contributed by atoms with E-state index in [2.05, 4.69) is 13.8 Å². The smallest absolute Gasteiger partial charge is 0.254 e. The van der Waals surface area contributed by atoms with Crippen molar-refractivity contribution >= 4 is 11.8 Å². The summed E-state index contributed by atoms with van der Waals surface area (Å²) >= 11 is 0. The highest BCUT2D eigenvalue weighted by Gasteiger charge is 2.28. The molecule has 2 atom stereocenters. The Hall–Kier alpha value is -2.56. The molecule has 2 saturated heterocycles. The van der Waals surface area contributed by atoms with Gasteiger partial charge in [-0.2, -0.15) is 0 Å². The maximum atomic E-state index is 13.3. The summed E-state index contributed by atoms with van der Waals surface area (Å²) in [6, 6.07) is 9.64. The topological polar surface area (TPSA) is 53.8 Å². The highest BCUT2D eigenvalue weighted by Crippen LogP contribution is 2.28. The van der Waals surface area contributed by atoms with Gasteiger partial charge >= 0.3 is 0 Å². The predicted octanol–water partition coefficient (Wildman–Crippen LogP) is 4.98. The van der Waals surface area contributed by atoms with E-state index in [0.717, 1.165) is 57.2 Å². The van der Waals surface area contributed by atoms with Crippen LogP contribution in [0.5, 0.6) is 0 Å². The lowest BCUT2D eigenvalue weighted by Crippen LogP contribution is -2.43. The SMILES string of the molecule is CC1CCCCN1C(=O)c1cc(C(=O)N2CCCCC2C)cc(-c2ccco2)c1. The van der Waals surface area contributed by atoms with Gasteiger partial charge in [-0.1, -0.05) is 0 Å². The summed E-state index contributed by atoms with van der Waals surface area (Å²) in [6.07, 6.45) is 8.06. The largest absolute Gasteiger partial charge is 0.464 e. The van der Waals surface area contributed by atoms with Crippen LogP contribution in [-0.4, -0.2) is 46.8 Å². The lowest BCUT2D eigenvalue weighted by molar-refractivity contribution is 0.0634. The molecule has 0 N–H and O–H groups in total. The van der Waals surface area contributed by atoms with Crippen LogP contribution in [0.4, 0.5) is 0 Å². The van der Waals surface area contributed by atoms with Gasteiger partial charge in [0.05, 0.1) is 6.26 Å². The first-order chi connectivity index (χ1) is 14.0. The van der Waals surface area contributed by atoms with Crippen molar-refractivity contribution in [3.63, 3.8) is 0 Å². The molecule has 2 amide bonds. The van der Waals surface area contributed by atoms with Gasteiger partial charge in [-0.3, -0.25) is 9.59 Å². The molecular formula is C24H30N2O3. The van der Waals surface area contributed by atoms with Gasteiger partial charge in [0.15, 0.2) is 0 Å². The Labute approximate surface area is 172 Å². The van der Waals surface area contributed by atoms with Crippen molar-refractivity contribution in [1.29, 1.82) is 0 Å². The normalized spacial score (nSPS) is 22.6. The minimum absolute atomic E-state index is 0.00588. The van der Waals surface area contributed by atoms with Crippen LogP contribution in [0.15, 0.2) is 41.0 Å². The highest BCUT2D eigenvalue weighted by molar-refractivity contribution is 6.01. The number of furan rings is 1. The Morgan fingerprint density at radius 1 is 0.862 bits per heavy atom. The lowest BCUT2D eigenvalue weighted by atomic mass is 9.97. The van der Waals surface area contributed by atoms with Gasteiger partial charge in [0.25, 0.3) is 11.8 Å². The van der Waals surface area contributed by atoms with Crippen LogP contribution in [0.3, 0.4) is 0 Å². The van der Waals surface area contributed by atoms with Crippen LogP contribution in [0.2, 0.25) is 0 Å². The average Bonchev–Trinajstić information content (AvgIpc) is 3.28. The molecule has 0 spiro atoms. The molecule has 2 aliphatic heterocycles. The van der Waals surface area contributed by atoms with Crippen molar-refractivity contribution in [2.24, 2.45) is 0 Å². The van der Waals surface area contributed by atoms with Gasteiger partial charge in [-0.05, 0) is 82.7 Å². The number of hydrogen-bond donors (Lipinski definition) is 0. The minimum Gasteiger partial charge on any atom is -0.464 e. The maximum absolute atomic E-state index is 13.3. The molecule has 5 nitrogen and oxygen atoms in total. The number of nitrogens with zero attached hydrogens (tertiary/aromatic N) is 2. The number of piperidine rings is 2. The van der Waals surface area contributed by atoms with Gasteiger partial charge < -0.3 is 14.2 Å². The Kier molecular flexibility index (Phi) is 5.74. The zero-order valence-electron chi connectivity index (χ0n) is 17.4. The monoisotopic (exact) mass is 394 g/mol. The number of amides is 2. The summed E-state index contributed by atoms with van der Waals surface area (Å²) in [4.78, 5) is 30.5. The molecule has 29 heavy (non-hydrogen) atoms. The number of hydrogen-bond acceptors (Lipinski definition) is 3. The number of carbonyl (C=O) groups excluding carboxylic acids is 2. The molecule has 5 heteroatoms. The molecule has 2 unspecified atom stereocenters. The summed E-state index contributed by atoms with van der Waals surface area (Å²) in [5.41, 5.74) is 1.92. The van der Waals surface area contributed by atoms with E-state index < -0.39 is 0 Å². The first-order valence-corrected chi connectivity index (χ1v) is 10.9. The van der Waals surface area contributed by atoms with Crippen LogP contribution >= 0.6 is 0 Å². The third kappa shape index (κ3) is 4.09. The third-order valence-corrected chi connectivity index (χ3v) is 6.36. The van der Waals surface area contributed by atoms with Gasteiger partial charge in [0, 0.05) is 41.9 Å². The molecule has 0 saturated carbocycles. The van der Waals surface area contributed by atoms with Crippen molar-refractivity contribution < 1.29 is 14.0 Å². The number of carbonyl (C=O) groups is 2. The zero-order chi connectivity index (χ0) is 20.4. The molecule has 2 aromatic rings. The van der Waals surface area contributed by atoms with Crippen LogP contribution in [-0.2, 0) is 0 Å². The first kappa shape index (κ1) is 19.7. The highest BCUT2D eigenvalue weighted by atomic mass is 16.3. The minimum atomic E-state index is 0.00588. The second kappa shape index (κ2) is 8.44. The molecule has 4 rings (SSSR count). The summed E-state index contributed by atoms with van der Waals surface area (Å²) in [6.45, 7) is 5.76. The molecule has 2 fully saturated rings. The van der Waals surface area contributed by atoms with E-state index in [1.54, 1.807) is 12.3 Å². The van der Waals surface area contributed by atoms with Crippen molar-refractivity contribution in [3.05, 3.63) is 47.7 Å². The number of rotatable bonds is 3. The quantitative estimate of drug-likeness (QED) is 0.738. The third-order valence-electron chi connectivity index (χ3n) is 6.36. The van der Waals surface area contributed by atoms with Crippen LogP contribution in [0.1, 0.15) is 73.1 Å². The van der Waals surface area contributed by atoms with Crippen LogP contribution in [0.25, 0.3) is 11.3 Å². The first-order valence-electron chi connectivity index (χ1n) is 10.9. The number of benzene rings is 1. The molecule has 0 aliphatic carbocycles. The average molecular weight is 395 g/mol. The fourth-order valence-electron chi connectivity index (χ4n) is 4.59. The molecule has 0 radical (unpaired) electrons. The number of likely N-dealkylation sites (tertiary alicyclic amines) is 2. The van der Waals surface area contributed by atoms with Gasteiger partial charge in [-0.25, -0.2) is 0 Å². The van der Waals surface area contributed by atoms with Crippen LogP contribution in [0, 0.1) is 0 Å². The van der Waals surface area contributed by atoms with E-state index in [0.29, 0.717) is 16.9 Å². The molecule has 3 heterocycles. The van der Waals surface area contributed by atoms with E-state index in [-0.39, 0.29) is 23.9 Å². The molecule has 0 bridgehead atoms. The second-order valence-electron chi connectivity index (χ2n) is 8.46. The van der Waals surface area contributed by atoms with E-state index in [1.165, 1.54) is 0 Å². The van der Waals surface area contributed by atoms with Crippen molar-refractivity contribution in [2.75, 3.05) is 13.1 Å². The fourth-order valence-corrected chi connectivity index (χ4v) is 4.59. The second-order valence-corrected chi connectivity index (χ2v) is 8.46. The van der Waals surface area contributed by atoms with Crippen molar-refractivity contribution in [1.82, 2.24) is 9.80 Å². The maximum Gasteiger partial charge on any atom is 0.254 e. The van der Waals surface area contributed by atoms with E-state index in [9.17, 15) is 9.59 Å². The Morgan fingerprint density at radius 2 is 1.41 bits per heavy atom. The molecular weight excluding hydrogens is 364 g/mol. The van der Waals surface area contributed by atoms with Crippen molar-refractivity contribution in [2.45, 2.75) is 64.5 Å².